The van der Waals surface area contributed by atoms with E-state index in [-0.39, 0.29) is 0 Å². The summed E-state index contributed by atoms with van der Waals surface area (Å²) in [5, 5.41) is 4.67. The number of benzene rings is 3. The number of aryl methyl sites for hydroxylation is 1. The van der Waals surface area contributed by atoms with Crippen LogP contribution in [0.3, 0.4) is 0 Å². The zero-order valence-corrected chi connectivity index (χ0v) is 14.1. The summed E-state index contributed by atoms with van der Waals surface area (Å²) in [6.07, 6.45) is 2.13. The molecule has 25 heavy (non-hydrogen) atoms. The van der Waals surface area contributed by atoms with E-state index in [0.717, 1.165) is 22.8 Å². The van der Waals surface area contributed by atoms with Crippen LogP contribution in [0.25, 0.3) is 10.9 Å². The minimum Gasteiger partial charge on any atom is -0.350 e. The van der Waals surface area contributed by atoms with Gasteiger partial charge in [0.1, 0.15) is 5.84 Å². The lowest BCUT2D eigenvalue weighted by atomic mass is 10.1. The zero-order chi connectivity index (χ0) is 17.1. The number of nitrogens with one attached hydrogen (secondary N) is 1. The van der Waals surface area contributed by atoms with E-state index in [4.69, 9.17) is 4.99 Å². The minimum atomic E-state index is 0.842. The Morgan fingerprint density at radius 3 is 2.20 bits per heavy atom. The molecule has 4 aromatic rings. The molecule has 0 atom stereocenters. The van der Waals surface area contributed by atoms with Gasteiger partial charge in [0.2, 0.25) is 0 Å². The molecule has 0 saturated carbocycles. The van der Waals surface area contributed by atoms with E-state index < -0.39 is 0 Å². The van der Waals surface area contributed by atoms with Crippen LogP contribution >= 0.6 is 0 Å². The number of para-hydroxylation sites is 3. The van der Waals surface area contributed by atoms with Gasteiger partial charge in [-0.1, -0.05) is 54.6 Å². The largest absolute Gasteiger partial charge is 0.350 e. The molecule has 0 saturated heterocycles. The maximum Gasteiger partial charge on any atom is 0.140 e. The van der Waals surface area contributed by atoms with Gasteiger partial charge in [0.05, 0.1) is 5.69 Å². The van der Waals surface area contributed by atoms with Crippen LogP contribution in [0.5, 0.6) is 0 Å². The Bertz CT molecular complexity index is 1020. The Morgan fingerprint density at radius 2 is 1.44 bits per heavy atom. The molecular weight excluding hydrogens is 306 g/mol. The molecule has 122 valence electrons. The van der Waals surface area contributed by atoms with Crippen molar-refractivity contribution >= 4 is 28.1 Å². The van der Waals surface area contributed by atoms with Crippen LogP contribution in [0.2, 0.25) is 0 Å². The van der Waals surface area contributed by atoms with Gasteiger partial charge in [0.15, 0.2) is 0 Å². The van der Waals surface area contributed by atoms with Gasteiger partial charge in [0.25, 0.3) is 0 Å². The molecule has 0 aliphatic carbocycles. The predicted molar refractivity (Wildman–Crippen MR) is 106 cm³/mol. The van der Waals surface area contributed by atoms with Crippen molar-refractivity contribution in [2.24, 2.45) is 12.0 Å². The number of amidine groups is 1. The van der Waals surface area contributed by atoms with Crippen LogP contribution in [0.15, 0.2) is 96.1 Å². The maximum absolute atomic E-state index is 4.88. The molecule has 0 aliphatic heterocycles. The number of rotatable bonds is 3. The van der Waals surface area contributed by atoms with Crippen molar-refractivity contribution in [3.8, 4) is 0 Å². The lowest BCUT2D eigenvalue weighted by Crippen LogP contribution is -2.13. The summed E-state index contributed by atoms with van der Waals surface area (Å²) in [7, 11) is 2.06. The van der Waals surface area contributed by atoms with E-state index >= 15 is 0 Å². The lowest BCUT2D eigenvalue weighted by molar-refractivity contribution is 0.968. The molecule has 4 rings (SSSR count). The Kier molecular flexibility index (Phi) is 4.05. The van der Waals surface area contributed by atoms with Crippen LogP contribution in [0, 0.1) is 0 Å². The average molecular weight is 325 g/mol. The Labute approximate surface area is 147 Å². The Hall–Kier alpha value is -3.33. The zero-order valence-electron chi connectivity index (χ0n) is 14.1. The second kappa shape index (κ2) is 6.65. The molecule has 0 amide bonds. The van der Waals surface area contributed by atoms with Crippen LogP contribution in [0.1, 0.15) is 5.56 Å². The summed E-state index contributed by atoms with van der Waals surface area (Å²) >= 11 is 0. The maximum atomic E-state index is 4.88. The molecule has 3 aromatic carbocycles. The summed E-state index contributed by atoms with van der Waals surface area (Å²) in [5.41, 5.74) is 4.22. The number of aliphatic imine (C=N–C) groups is 1. The van der Waals surface area contributed by atoms with Gasteiger partial charge in [-0.3, -0.25) is 0 Å². The Morgan fingerprint density at radius 1 is 0.800 bits per heavy atom. The highest BCUT2D eigenvalue weighted by Crippen LogP contribution is 2.24. The van der Waals surface area contributed by atoms with Crippen molar-refractivity contribution in [3.63, 3.8) is 0 Å². The van der Waals surface area contributed by atoms with Gasteiger partial charge < -0.3 is 9.88 Å². The third-order valence-electron chi connectivity index (χ3n) is 4.19. The van der Waals surface area contributed by atoms with Crippen molar-refractivity contribution in [2.45, 2.75) is 0 Å². The SMILES string of the molecule is Cn1cc(C(=Nc2ccccc2)Nc2ccccc2)c2ccccc21. The number of aromatic nitrogens is 1. The van der Waals surface area contributed by atoms with E-state index in [1.807, 2.05) is 60.7 Å². The number of nitrogens with zero attached hydrogens (tertiary/aromatic N) is 2. The molecule has 1 N–H and O–H groups in total. The molecule has 0 aliphatic rings. The standard InChI is InChI=1S/C22H19N3/c1-25-16-20(19-14-8-9-15-21(19)25)22(23-17-10-4-2-5-11-17)24-18-12-6-3-7-13-18/h2-16H,1H3,(H,23,24). The van der Waals surface area contributed by atoms with E-state index in [9.17, 15) is 0 Å². The van der Waals surface area contributed by atoms with Crippen LogP contribution in [-0.2, 0) is 7.05 Å². The smallest absolute Gasteiger partial charge is 0.140 e. The van der Waals surface area contributed by atoms with Gasteiger partial charge in [-0.2, -0.15) is 0 Å². The minimum absolute atomic E-state index is 0.842. The second-order valence-electron chi connectivity index (χ2n) is 5.96. The third-order valence-corrected chi connectivity index (χ3v) is 4.19. The first-order valence-corrected chi connectivity index (χ1v) is 8.31. The molecule has 3 heteroatoms. The van der Waals surface area contributed by atoms with Gasteiger partial charge in [-0.05, 0) is 30.3 Å². The predicted octanol–water partition coefficient (Wildman–Crippen LogP) is 5.37. The number of anilines is 1. The van der Waals surface area contributed by atoms with Crippen molar-refractivity contribution in [2.75, 3.05) is 5.32 Å². The first-order chi connectivity index (χ1) is 12.3. The molecule has 0 fully saturated rings. The van der Waals surface area contributed by atoms with Gasteiger partial charge in [-0.25, -0.2) is 4.99 Å². The van der Waals surface area contributed by atoms with Crippen molar-refractivity contribution in [1.29, 1.82) is 0 Å². The first-order valence-electron chi connectivity index (χ1n) is 8.31. The van der Waals surface area contributed by atoms with E-state index in [2.05, 4.69) is 47.4 Å². The highest BCUT2D eigenvalue weighted by atomic mass is 15.0. The second-order valence-corrected chi connectivity index (χ2v) is 5.96. The summed E-state index contributed by atoms with van der Waals surface area (Å²) in [4.78, 5) is 4.88. The van der Waals surface area contributed by atoms with Crippen molar-refractivity contribution < 1.29 is 0 Å². The third kappa shape index (κ3) is 3.17. The molecule has 0 radical (unpaired) electrons. The molecule has 1 aromatic heterocycles. The quantitative estimate of drug-likeness (QED) is 0.398. The van der Waals surface area contributed by atoms with Crippen LogP contribution in [0.4, 0.5) is 11.4 Å². The number of hydrogen-bond acceptors (Lipinski definition) is 1. The summed E-state index contributed by atoms with van der Waals surface area (Å²) in [5.74, 6) is 0.842. The highest BCUT2D eigenvalue weighted by molar-refractivity contribution is 6.16. The molecule has 0 bridgehead atoms. The molecule has 0 spiro atoms. The summed E-state index contributed by atoms with van der Waals surface area (Å²) in [6, 6.07) is 28.6. The summed E-state index contributed by atoms with van der Waals surface area (Å²) in [6.45, 7) is 0. The topological polar surface area (TPSA) is 29.3 Å². The average Bonchev–Trinajstić information content (AvgIpc) is 3.00. The Balaban J connectivity index is 1.86. The normalized spacial score (nSPS) is 11.6. The van der Waals surface area contributed by atoms with E-state index in [1.165, 1.54) is 10.9 Å². The monoisotopic (exact) mass is 325 g/mol. The summed E-state index contributed by atoms with van der Waals surface area (Å²) < 4.78 is 2.14. The lowest BCUT2D eigenvalue weighted by Gasteiger charge is -2.10. The van der Waals surface area contributed by atoms with Gasteiger partial charge >= 0.3 is 0 Å². The van der Waals surface area contributed by atoms with E-state index in [0.29, 0.717) is 0 Å². The fourth-order valence-electron chi connectivity index (χ4n) is 2.98. The fraction of sp³-hybridized carbons (Fsp3) is 0.0455. The van der Waals surface area contributed by atoms with Crippen molar-refractivity contribution in [1.82, 2.24) is 4.57 Å². The first kappa shape index (κ1) is 15.2. The molecule has 3 nitrogen and oxygen atoms in total. The van der Waals surface area contributed by atoms with Crippen molar-refractivity contribution in [3.05, 3.63) is 96.7 Å². The number of fused-ring (bicyclic) bond motifs is 1. The molecular formula is C22H19N3. The fourth-order valence-corrected chi connectivity index (χ4v) is 2.98. The van der Waals surface area contributed by atoms with E-state index in [1.54, 1.807) is 0 Å². The van der Waals surface area contributed by atoms with Crippen LogP contribution < -0.4 is 5.32 Å². The van der Waals surface area contributed by atoms with Gasteiger partial charge in [-0.15, -0.1) is 0 Å². The molecule has 0 unspecified atom stereocenters. The van der Waals surface area contributed by atoms with Crippen LogP contribution in [-0.4, -0.2) is 10.4 Å². The number of hydrogen-bond donors (Lipinski definition) is 1. The van der Waals surface area contributed by atoms with Gasteiger partial charge in [0, 0.05) is 35.4 Å². The highest BCUT2D eigenvalue weighted by Gasteiger charge is 2.12. The molecule has 1 heterocycles.